The van der Waals surface area contributed by atoms with E-state index in [0.29, 0.717) is 6.42 Å². The molecule has 0 rings (SSSR count). The van der Waals surface area contributed by atoms with Gasteiger partial charge in [0.15, 0.2) is 0 Å². The fourth-order valence-corrected chi connectivity index (χ4v) is 2.16. The third kappa shape index (κ3) is 17.3. The van der Waals surface area contributed by atoms with Gasteiger partial charge in [-0.05, 0) is 6.42 Å². The Morgan fingerprint density at radius 2 is 1.19 bits per heavy atom. The quantitative estimate of drug-likeness (QED) is 0.351. The summed E-state index contributed by atoms with van der Waals surface area (Å²) in [6.45, 7) is 2.20. The van der Waals surface area contributed by atoms with Crippen LogP contribution in [0.3, 0.4) is 0 Å². The van der Waals surface area contributed by atoms with Crippen LogP contribution in [0.4, 0.5) is 0 Å². The molecule has 0 spiro atoms. The van der Waals surface area contributed by atoms with Gasteiger partial charge in [0.2, 0.25) is 0 Å². The van der Waals surface area contributed by atoms with Crippen molar-refractivity contribution in [3.05, 3.63) is 0 Å². The third-order valence-electron chi connectivity index (χ3n) is 2.51. The van der Waals surface area contributed by atoms with E-state index in [4.69, 9.17) is 4.55 Å². The summed E-state index contributed by atoms with van der Waals surface area (Å²) in [4.78, 5) is 0. The van der Waals surface area contributed by atoms with Crippen LogP contribution in [-0.4, -0.2) is 18.7 Å². The Morgan fingerprint density at radius 1 is 0.812 bits per heavy atom. The van der Waals surface area contributed by atoms with E-state index in [9.17, 15) is 8.42 Å². The number of hydrogen-bond donors (Lipinski definition) is 1. The van der Waals surface area contributed by atoms with Gasteiger partial charge in [-0.15, -0.1) is 0 Å². The topological polar surface area (TPSA) is 54.4 Å². The molecule has 0 fully saturated rings. The molecular formula is C11H24NaO3S+. The summed E-state index contributed by atoms with van der Waals surface area (Å²) >= 11 is 0. The summed E-state index contributed by atoms with van der Waals surface area (Å²) in [6, 6.07) is 0. The van der Waals surface area contributed by atoms with Gasteiger partial charge in [-0.1, -0.05) is 58.3 Å². The van der Waals surface area contributed by atoms with Crippen molar-refractivity contribution in [1.29, 1.82) is 0 Å². The molecule has 0 aliphatic carbocycles. The third-order valence-corrected chi connectivity index (χ3v) is 3.31. The molecule has 0 aromatic carbocycles. The van der Waals surface area contributed by atoms with E-state index in [0.717, 1.165) is 12.8 Å². The standard InChI is InChI=1S/C11H24O3S.Na/c1-2-3-4-5-6-7-8-9-10-11-15(12,13)14;/h2-11H2,1H3,(H,12,13,14);/q;+1. The van der Waals surface area contributed by atoms with E-state index in [1.807, 2.05) is 0 Å². The Morgan fingerprint density at radius 3 is 1.56 bits per heavy atom. The molecule has 0 amide bonds. The van der Waals surface area contributed by atoms with E-state index in [1.165, 1.54) is 38.5 Å². The van der Waals surface area contributed by atoms with Gasteiger partial charge in [0.25, 0.3) is 10.1 Å². The molecule has 0 radical (unpaired) electrons. The van der Waals surface area contributed by atoms with Crippen molar-refractivity contribution >= 4 is 10.1 Å². The van der Waals surface area contributed by atoms with Crippen LogP contribution in [0, 0.1) is 0 Å². The van der Waals surface area contributed by atoms with Gasteiger partial charge < -0.3 is 0 Å². The number of unbranched alkanes of at least 4 members (excludes halogenated alkanes) is 8. The first kappa shape index (κ1) is 19.3. The molecule has 0 heterocycles. The van der Waals surface area contributed by atoms with Gasteiger partial charge in [-0.3, -0.25) is 4.55 Å². The van der Waals surface area contributed by atoms with Gasteiger partial charge in [-0.25, -0.2) is 0 Å². The number of hydrogen-bond acceptors (Lipinski definition) is 2. The Kier molecular flexibility index (Phi) is 14.9. The molecule has 0 saturated heterocycles. The van der Waals surface area contributed by atoms with Gasteiger partial charge in [0.05, 0.1) is 5.75 Å². The summed E-state index contributed by atoms with van der Waals surface area (Å²) < 4.78 is 29.3. The summed E-state index contributed by atoms with van der Waals surface area (Å²) in [5.41, 5.74) is 0. The maximum Gasteiger partial charge on any atom is 1.00 e. The van der Waals surface area contributed by atoms with Crippen molar-refractivity contribution < 1.29 is 42.5 Å². The monoisotopic (exact) mass is 259 g/mol. The second kappa shape index (κ2) is 12.4. The minimum Gasteiger partial charge on any atom is -0.286 e. The Balaban J connectivity index is 0. The van der Waals surface area contributed by atoms with Crippen molar-refractivity contribution in [2.45, 2.75) is 64.7 Å². The van der Waals surface area contributed by atoms with Crippen molar-refractivity contribution in [3.63, 3.8) is 0 Å². The maximum absolute atomic E-state index is 10.4. The van der Waals surface area contributed by atoms with Crippen LogP contribution in [0.2, 0.25) is 0 Å². The van der Waals surface area contributed by atoms with E-state index in [2.05, 4.69) is 6.92 Å². The maximum atomic E-state index is 10.4. The molecule has 3 nitrogen and oxygen atoms in total. The summed E-state index contributed by atoms with van der Waals surface area (Å²) in [5.74, 6) is -0.0805. The second-order valence-electron chi connectivity index (χ2n) is 4.11. The molecule has 0 aliphatic heterocycles. The fraction of sp³-hybridized carbons (Fsp3) is 1.00. The van der Waals surface area contributed by atoms with Crippen LogP contribution in [-0.2, 0) is 10.1 Å². The van der Waals surface area contributed by atoms with E-state index in [-0.39, 0.29) is 35.3 Å². The first-order valence-electron chi connectivity index (χ1n) is 6.01. The van der Waals surface area contributed by atoms with Crippen LogP contribution >= 0.6 is 0 Å². The molecule has 0 bridgehead atoms. The van der Waals surface area contributed by atoms with Crippen LogP contribution in [0.25, 0.3) is 0 Å². The molecule has 5 heteroatoms. The molecule has 16 heavy (non-hydrogen) atoms. The molecule has 0 unspecified atom stereocenters. The van der Waals surface area contributed by atoms with Gasteiger partial charge in [0, 0.05) is 0 Å². The number of rotatable bonds is 10. The summed E-state index contributed by atoms with van der Waals surface area (Å²) in [5, 5.41) is 0. The molecule has 0 aromatic heterocycles. The Hall–Kier alpha value is 0.910. The molecule has 92 valence electrons. The molecule has 0 atom stereocenters. The average molecular weight is 259 g/mol. The van der Waals surface area contributed by atoms with Crippen molar-refractivity contribution in [3.8, 4) is 0 Å². The Bertz CT molecular complexity index is 227. The fourth-order valence-electron chi connectivity index (χ4n) is 1.60. The predicted molar refractivity (Wildman–Crippen MR) is 63.6 cm³/mol. The van der Waals surface area contributed by atoms with Gasteiger partial charge in [0.1, 0.15) is 0 Å². The predicted octanol–water partition coefficient (Wildman–Crippen LogP) is 0.409. The normalized spacial score (nSPS) is 11.1. The molecule has 0 aliphatic rings. The second-order valence-corrected chi connectivity index (χ2v) is 5.69. The summed E-state index contributed by atoms with van der Waals surface area (Å²) in [6.07, 6.45) is 10.2. The zero-order valence-electron chi connectivity index (χ0n) is 10.7. The average Bonchev–Trinajstić information content (AvgIpc) is 2.14. The molecule has 0 aromatic rings. The molecule has 1 N–H and O–H groups in total. The largest absolute Gasteiger partial charge is 1.00 e. The van der Waals surface area contributed by atoms with Crippen LogP contribution in [0.1, 0.15) is 64.7 Å². The van der Waals surface area contributed by atoms with Crippen LogP contribution in [0.5, 0.6) is 0 Å². The molecule has 0 saturated carbocycles. The smallest absolute Gasteiger partial charge is 0.286 e. The zero-order valence-corrected chi connectivity index (χ0v) is 13.6. The summed E-state index contributed by atoms with van der Waals surface area (Å²) in [7, 11) is -3.73. The minimum absolute atomic E-state index is 0. The van der Waals surface area contributed by atoms with Crippen molar-refractivity contribution in [2.24, 2.45) is 0 Å². The van der Waals surface area contributed by atoms with E-state index >= 15 is 0 Å². The van der Waals surface area contributed by atoms with E-state index in [1.54, 1.807) is 0 Å². The van der Waals surface area contributed by atoms with Crippen molar-refractivity contribution in [1.82, 2.24) is 0 Å². The SMILES string of the molecule is CCCCCCCCCCCS(=O)(=O)O.[Na+]. The Labute approximate surface area is 122 Å². The first-order chi connectivity index (χ1) is 7.06. The molecular weight excluding hydrogens is 235 g/mol. The minimum atomic E-state index is -3.73. The van der Waals surface area contributed by atoms with Crippen LogP contribution in [0.15, 0.2) is 0 Å². The van der Waals surface area contributed by atoms with Gasteiger partial charge in [-0.2, -0.15) is 8.42 Å². The van der Waals surface area contributed by atoms with Crippen molar-refractivity contribution in [2.75, 3.05) is 5.75 Å². The van der Waals surface area contributed by atoms with Crippen LogP contribution < -0.4 is 29.6 Å². The van der Waals surface area contributed by atoms with E-state index < -0.39 is 10.1 Å². The first-order valence-corrected chi connectivity index (χ1v) is 7.62. The zero-order chi connectivity index (χ0) is 11.6. The van der Waals surface area contributed by atoms with Gasteiger partial charge >= 0.3 is 29.6 Å².